The van der Waals surface area contributed by atoms with Crippen LogP contribution >= 0.6 is 11.6 Å². The number of ether oxygens (including phenoxy) is 2. The van der Waals surface area contributed by atoms with Gasteiger partial charge in [-0.15, -0.1) is 0 Å². The fourth-order valence-corrected chi connectivity index (χ4v) is 12.1. The highest BCUT2D eigenvalue weighted by Gasteiger charge is 2.49. The van der Waals surface area contributed by atoms with E-state index in [4.69, 9.17) is 26.2 Å². The van der Waals surface area contributed by atoms with Crippen molar-refractivity contribution in [3.63, 3.8) is 0 Å². The Morgan fingerprint density at radius 3 is 1.72 bits per heavy atom. The topological polar surface area (TPSA) is 464 Å². The highest BCUT2D eigenvalue weighted by atomic mass is 35.5. The number of aliphatic hydroxyl groups excluding tert-OH is 22. The molecular weight excluding hydrogens is 1220 g/mol. The van der Waals surface area contributed by atoms with Gasteiger partial charge in [0.15, 0.2) is 0 Å². The van der Waals surface area contributed by atoms with Gasteiger partial charge in [0.2, 0.25) is 0 Å². The minimum atomic E-state index is -1.87. The Morgan fingerprint density at radius 2 is 1.08 bits per heavy atom. The maximum atomic E-state index is 11.2. The van der Waals surface area contributed by atoms with Crippen LogP contribution in [0.4, 0.5) is 0 Å². The van der Waals surface area contributed by atoms with Gasteiger partial charge in [0.1, 0.15) is 67.1 Å². The number of hydrogen-bond donors (Lipinski definition) is 22. The molecule has 2 aliphatic rings. The molecule has 22 N–H and O–H groups in total. The minimum Gasteiger partial charge on any atom is -0.394 e. The molecule has 2 saturated heterocycles. The molecule has 2 aliphatic heterocycles. The van der Waals surface area contributed by atoms with Crippen molar-refractivity contribution in [1.82, 2.24) is 0 Å². The predicted octanol–water partition coefficient (Wildman–Crippen LogP) is 0.731. The Labute approximate surface area is 549 Å². The average molecular weight is 1350 g/mol. The second-order valence-corrected chi connectivity index (χ2v) is 26.7. The number of allylic oxidation sites excluding steroid dienone is 4. The van der Waals surface area contributed by atoms with Crippen LogP contribution in [-0.2, 0) is 9.47 Å². The van der Waals surface area contributed by atoms with E-state index in [1.165, 1.54) is 11.6 Å². The molecule has 540 valence electrons. The first-order valence-electron chi connectivity index (χ1n) is 33.6. The summed E-state index contributed by atoms with van der Waals surface area (Å²) in [4.78, 5) is 0. The van der Waals surface area contributed by atoms with Crippen LogP contribution < -0.4 is 0 Å². The summed E-state index contributed by atoms with van der Waals surface area (Å²) in [6.45, 7) is 8.34. The third-order valence-electron chi connectivity index (χ3n) is 18.4. The Kier molecular flexibility index (Phi) is 44.1. The second kappa shape index (κ2) is 47.1. The van der Waals surface area contributed by atoms with Crippen LogP contribution in [0, 0.1) is 17.8 Å². The molecular formula is C67H121ClO24. The number of hydrogen-bond acceptors (Lipinski definition) is 24. The van der Waals surface area contributed by atoms with Gasteiger partial charge in [0, 0.05) is 18.4 Å². The van der Waals surface area contributed by atoms with Gasteiger partial charge in [-0.25, -0.2) is 0 Å². The molecule has 0 saturated carbocycles. The maximum Gasteiger partial charge on any atom is 0.115 e. The molecule has 2 rings (SSSR count). The lowest BCUT2D eigenvalue weighted by Gasteiger charge is -2.43. The van der Waals surface area contributed by atoms with Crippen molar-refractivity contribution in [1.29, 1.82) is 0 Å². The number of unbranched alkanes of at least 4 members (excludes halogenated alkanes) is 7. The highest BCUT2D eigenvalue weighted by Crippen LogP contribution is 2.33. The Morgan fingerprint density at radius 1 is 0.500 bits per heavy atom. The monoisotopic (exact) mass is 1340 g/mol. The van der Waals surface area contributed by atoms with Crippen molar-refractivity contribution in [3.05, 3.63) is 60.2 Å². The van der Waals surface area contributed by atoms with Crippen LogP contribution in [0.1, 0.15) is 181 Å². The van der Waals surface area contributed by atoms with Gasteiger partial charge in [0.25, 0.3) is 0 Å². The van der Waals surface area contributed by atoms with Gasteiger partial charge in [-0.05, 0) is 139 Å². The molecule has 0 aromatic carbocycles. The number of rotatable bonds is 50. The first-order chi connectivity index (χ1) is 43.5. The van der Waals surface area contributed by atoms with E-state index in [1.54, 1.807) is 45.1 Å². The summed E-state index contributed by atoms with van der Waals surface area (Å²) in [5.41, 5.74) is 1.41. The van der Waals surface area contributed by atoms with Crippen LogP contribution in [0.15, 0.2) is 60.2 Å². The molecule has 28 unspecified atom stereocenters. The summed E-state index contributed by atoms with van der Waals surface area (Å²) < 4.78 is 11.6. The standard InChI is InChI=1S/C67H121ClO24/c1-39(21-17-29-47(74)59(84)57(82)40(2)30-32-49(76)56(81)42(4)35-45(72)26-19-24-43(70)22-18-23-44(71)25-20-27-46(73)38-69)55(80)51(78)36-54-63(88)64(89)65(90)66(91-54)50(77)33-31-41(3)58(83)62(87)53-37-52(79)61(86)67(92-53)60(85)48(75)28-15-13-11-9-7-5-6-8-10-12-14-16-34-68/h12,14-16,20,25,28,34,39-40,42-67,69-90H,3,5-11,13,17-19,21-24,26-27,29-33,35-38H2,1-2,4H3/b14-12+,25-20+,28-15+,34-16+. The van der Waals surface area contributed by atoms with Crippen LogP contribution in [0.3, 0.4) is 0 Å². The molecule has 0 bridgehead atoms. The summed E-state index contributed by atoms with van der Waals surface area (Å²) in [5, 5.41) is 235. The number of halogens is 1. The summed E-state index contributed by atoms with van der Waals surface area (Å²) in [5.74, 6) is -1.79. The Bertz CT molecular complexity index is 2030. The zero-order valence-corrected chi connectivity index (χ0v) is 55.2. The number of aliphatic hydroxyl groups is 22. The molecule has 25 heteroatoms. The summed E-state index contributed by atoms with van der Waals surface area (Å²) >= 11 is 5.50. The molecule has 24 nitrogen and oxygen atoms in total. The fraction of sp³-hybridized carbons (Fsp3) is 0.851. The van der Waals surface area contributed by atoms with Crippen molar-refractivity contribution in [2.45, 2.75) is 334 Å². The van der Waals surface area contributed by atoms with Crippen molar-refractivity contribution in [2.24, 2.45) is 17.8 Å². The Balaban J connectivity index is 1.79. The SMILES string of the molecule is C=C(CCC(O)C1OC(CC(O)C(O)C(C)CCCC(O)C(O)C(O)C(C)CCC(O)C(O)C(C)CC(O)CCCC(O)CCCC(O)/C=C/CC(O)CO)C(O)C(O)C1O)C(O)C(O)C1CC(O)C(O)C(C(O)C(O)/C=C/CCCCCCCC/C=C/C=C/Cl)O1. The largest absolute Gasteiger partial charge is 0.394 e. The van der Waals surface area contributed by atoms with Crippen LogP contribution in [0.5, 0.6) is 0 Å². The molecule has 0 aliphatic carbocycles. The van der Waals surface area contributed by atoms with Gasteiger partial charge < -0.3 is 122 Å². The van der Waals surface area contributed by atoms with Crippen molar-refractivity contribution in [3.8, 4) is 0 Å². The lowest BCUT2D eigenvalue weighted by molar-refractivity contribution is -0.250. The lowest BCUT2D eigenvalue weighted by atomic mass is 9.85. The molecule has 2 fully saturated rings. The maximum absolute atomic E-state index is 11.2. The lowest BCUT2D eigenvalue weighted by Crippen LogP contribution is -2.61. The zero-order valence-electron chi connectivity index (χ0n) is 54.4. The summed E-state index contributed by atoms with van der Waals surface area (Å²) in [6.07, 6.45) is -13.8. The van der Waals surface area contributed by atoms with Gasteiger partial charge in [0.05, 0.1) is 92.1 Å². The zero-order chi connectivity index (χ0) is 69.2. The van der Waals surface area contributed by atoms with E-state index in [0.717, 1.165) is 44.9 Å². The highest BCUT2D eigenvalue weighted by molar-refractivity contribution is 6.25. The molecule has 92 heavy (non-hydrogen) atoms. The smallest absolute Gasteiger partial charge is 0.115 e. The first kappa shape index (κ1) is 86.1. The van der Waals surface area contributed by atoms with Crippen LogP contribution in [0.2, 0.25) is 0 Å². The van der Waals surface area contributed by atoms with Gasteiger partial charge in [-0.3, -0.25) is 0 Å². The van der Waals surface area contributed by atoms with Crippen LogP contribution in [0.25, 0.3) is 0 Å². The van der Waals surface area contributed by atoms with E-state index in [9.17, 15) is 107 Å². The van der Waals surface area contributed by atoms with E-state index in [2.05, 4.69) is 12.7 Å². The molecule has 0 amide bonds. The van der Waals surface area contributed by atoms with E-state index in [1.807, 2.05) is 6.08 Å². The minimum absolute atomic E-state index is 0.0254. The van der Waals surface area contributed by atoms with E-state index in [-0.39, 0.29) is 76.4 Å². The van der Waals surface area contributed by atoms with Crippen molar-refractivity contribution in [2.75, 3.05) is 6.61 Å². The molecule has 28 atom stereocenters. The molecule has 0 spiro atoms. The first-order valence-corrected chi connectivity index (χ1v) is 34.1. The quantitative estimate of drug-likeness (QED) is 0.0227. The van der Waals surface area contributed by atoms with Gasteiger partial charge in [-0.2, -0.15) is 0 Å². The van der Waals surface area contributed by atoms with Gasteiger partial charge in [-0.1, -0.05) is 114 Å². The summed E-state index contributed by atoms with van der Waals surface area (Å²) in [6, 6.07) is 0. The molecule has 0 aromatic heterocycles. The third kappa shape index (κ3) is 31.7. The summed E-state index contributed by atoms with van der Waals surface area (Å²) in [7, 11) is 0. The molecule has 0 radical (unpaired) electrons. The van der Waals surface area contributed by atoms with Crippen LogP contribution in [-0.4, -0.2) is 272 Å². The van der Waals surface area contributed by atoms with E-state index in [0.29, 0.717) is 44.9 Å². The third-order valence-corrected chi connectivity index (χ3v) is 18.6. The van der Waals surface area contributed by atoms with Crippen molar-refractivity contribution >= 4 is 11.6 Å². The average Bonchev–Trinajstić information content (AvgIpc) is 0.872. The van der Waals surface area contributed by atoms with E-state index < -0.39 is 177 Å². The molecule has 0 aromatic rings. The molecule has 2 heterocycles. The van der Waals surface area contributed by atoms with Crippen molar-refractivity contribution < 1.29 is 122 Å². The van der Waals surface area contributed by atoms with Gasteiger partial charge >= 0.3 is 0 Å². The normalized spacial score (nSPS) is 28.2. The fourth-order valence-electron chi connectivity index (χ4n) is 12.0. The Hall–Kier alpha value is -1.97. The second-order valence-electron chi connectivity index (χ2n) is 26.4. The predicted molar refractivity (Wildman–Crippen MR) is 345 cm³/mol. The van der Waals surface area contributed by atoms with E-state index >= 15 is 0 Å².